The monoisotopic (exact) mass is 837 g/mol. The molecule has 4 fully saturated rings. The SMILES string of the molecule is Nc1ncnc2c1c(-c1ccc(Oc3ccccc3)cc1)nn2[C@@H]1CCCN(C(=O)N2CCN(CC3CCN(c4ccc5c(c4)CN(C4CCC(=O)NC4=O)C5=O)CC3)CC2)C1. The highest BCUT2D eigenvalue weighted by atomic mass is 16.5. The van der Waals surface area contributed by atoms with Gasteiger partial charge in [0.2, 0.25) is 11.8 Å². The smallest absolute Gasteiger partial charge is 0.320 e. The fourth-order valence-corrected chi connectivity index (χ4v) is 9.90. The van der Waals surface area contributed by atoms with E-state index in [2.05, 4.69) is 31.2 Å². The highest BCUT2D eigenvalue weighted by molar-refractivity contribution is 6.05. The van der Waals surface area contributed by atoms with Crippen LogP contribution in [0.1, 0.15) is 60.5 Å². The largest absolute Gasteiger partial charge is 0.457 e. The molecule has 1 unspecified atom stereocenters. The summed E-state index contributed by atoms with van der Waals surface area (Å²) in [4.78, 5) is 70.8. The van der Waals surface area contributed by atoms with Crippen LogP contribution in [0.25, 0.3) is 22.3 Å². The molecule has 320 valence electrons. The van der Waals surface area contributed by atoms with Crippen LogP contribution in [0.2, 0.25) is 0 Å². The first-order chi connectivity index (χ1) is 30.3. The summed E-state index contributed by atoms with van der Waals surface area (Å²) < 4.78 is 7.96. The molecule has 0 saturated carbocycles. The average Bonchev–Trinajstić information content (AvgIpc) is 3.85. The van der Waals surface area contributed by atoms with Gasteiger partial charge in [0.1, 0.15) is 35.4 Å². The number of anilines is 2. The molecule has 0 aliphatic carbocycles. The molecule has 10 rings (SSSR count). The van der Waals surface area contributed by atoms with Crippen molar-refractivity contribution >= 4 is 46.3 Å². The molecule has 0 bridgehead atoms. The number of rotatable bonds is 8. The van der Waals surface area contributed by atoms with Gasteiger partial charge in [0.15, 0.2) is 5.65 Å². The van der Waals surface area contributed by atoms with Gasteiger partial charge in [0, 0.05) is 88.7 Å². The van der Waals surface area contributed by atoms with Gasteiger partial charge in [0.25, 0.3) is 5.91 Å². The second kappa shape index (κ2) is 16.7. The van der Waals surface area contributed by atoms with E-state index >= 15 is 0 Å². The third kappa shape index (κ3) is 7.78. The van der Waals surface area contributed by atoms with E-state index < -0.39 is 6.04 Å². The number of likely N-dealkylation sites (tertiary alicyclic amines) is 1. The molecule has 0 radical (unpaired) electrons. The summed E-state index contributed by atoms with van der Waals surface area (Å²) in [5.41, 5.74) is 11.4. The molecule has 62 heavy (non-hydrogen) atoms. The molecule has 5 aliphatic heterocycles. The molecule has 7 heterocycles. The van der Waals surface area contributed by atoms with E-state index in [0.29, 0.717) is 78.9 Å². The minimum Gasteiger partial charge on any atom is -0.457 e. The van der Waals surface area contributed by atoms with Gasteiger partial charge in [0.05, 0.1) is 11.4 Å². The number of piperidine rings is 3. The molecule has 0 spiro atoms. The second-order valence-corrected chi connectivity index (χ2v) is 17.2. The minimum atomic E-state index is -0.610. The van der Waals surface area contributed by atoms with Crippen LogP contribution in [0.3, 0.4) is 0 Å². The Morgan fingerprint density at radius 1 is 0.823 bits per heavy atom. The van der Waals surface area contributed by atoms with Crippen molar-refractivity contribution in [2.24, 2.45) is 5.92 Å². The van der Waals surface area contributed by atoms with Crippen molar-refractivity contribution in [2.45, 2.75) is 57.2 Å². The average molecular weight is 838 g/mol. The summed E-state index contributed by atoms with van der Waals surface area (Å²) in [7, 11) is 0. The van der Waals surface area contributed by atoms with E-state index in [1.165, 1.54) is 6.33 Å². The van der Waals surface area contributed by atoms with E-state index in [4.69, 9.17) is 15.6 Å². The number of carbonyl (C=O) groups excluding carboxylic acids is 4. The predicted octanol–water partition coefficient (Wildman–Crippen LogP) is 4.92. The third-order valence-electron chi connectivity index (χ3n) is 13.3. The number of carbonyl (C=O) groups is 4. The van der Waals surface area contributed by atoms with Gasteiger partial charge in [-0.15, -0.1) is 0 Å². The van der Waals surface area contributed by atoms with Gasteiger partial charge in [-0.3, -0.25) is 24.6 Å². The maximum absolute atomic E-state index is 14.0. The Morgan fingerprint density at radius 2 is 1.60 bits per heavy atom. The molecule has 2 aromatic heterocycles. The van der Waals surface area contributed by atoms with Crippen LogP contribution in [0, 0.1) is 5.92 Å². The number of fused-ring (bicyclic) bond motifs is 2. The van der Waals surface area contributed by atoms with E-state index in [-0.39, 0.29) is 36.2 Å². The van der Waals surface area contributed by atoms with Crippen molar-refractivity contribution in [3.05, 3.63) is 90.3 Å². The number of nitrogens with zero attached hydrogens (tertiary/aromatic N) is 9. The number of nitrogens with two attached hydrogens (primary N) is 1. The molecule has 2 atom stereocenters. The number of amides is 5. The maximum atomic E-state index is 14.0. The van der Waals surface area contributed by atoms with Gasteiger partial charge in [-0.2, -0.15) is 5.10 Å². The fourth-order valence-electron chi connectivity index (χ4n) is 9.90. The molecule has 16 nitrogen and oxygen atoms in total. The summed E-state index contributed by atoms with van der Waals surface area (Å²) in [6, 6.07) is 22.9. The number of nitrogens with one attached hydrogen (secondary N) is 1. The van der Waals surface area contributed by atoms with Crippen LogP contribution in [0.4, 0.5) is 16.3 Å². The molecule has 5 aromatic rings. The molecule has 3 N–H and O–H groups in total. The first-order valence-electron chi connectivity index (χ1n) is 21.9. The topological polar surface area (TPSA) is 175 Å². The number of ether oxygens (including phenoxy) is 1. The highest BCUT2D eigenvalue weighted by Crippen LogP contribution is 2.36. The number of aromatic nitrogens is 4. The molecule has 4 saturated heterocycles. The first-order valence-corrected chi connectivity index (χ1v) is 21.9. The lowest BCUT2D eigenvalue weighted by Crippen LogP contribution is -2.55. The Bertz CT molecular complexity index is 2500. The summed E-state index contributed by atoms with van der Waals surface area (Å²) in [6.45, 7) is 7.62. The van der Waals surface area contributed by atoms with Gasteiger partial charge in [-0.05, 0) is 98.2 Å². The molecular weight excluding hydrogens is 787 g/mol. The van der Waals surface area contributed by atoms with E-state index in [0.717, 1.165) is 81.0 Å². The minimum absolute atomic E-state index is 0.0575. The van der Waals surface area contributed by atoms with Crippen molar-refractivity contribution in [3.63, 3.8) is 0 Å². The summed E-state index contributed by atoms with van der Waals surface area (Å²) >= 11 is 0. The van der Waals surface area contributed by atoms with Crippen LogP contribution in [-0.2, 0) is 16.1 Å². The van der Waals surface area contributed by atoms with Gasteiger partial charge in [-0.1, -0.05) is 18.2 Å². The van der Waals surface area contributed by atoms with Crippen molar-refractivity contribution < 1.29 is 23.9 Å². The molecule has 5 aliphatic rings. The van der Waals surface area contributed by atoms with Crippen molar-refractivity contribution in [1.82, 2.24) is 44.7 Å². The van der Waals surface area contributed by atoms with E-state index in [1.54, 1.807) is 4.90 Å². The van der Waals surface area contributed by atoms with Crippen molar-refractivity contribution in [2.75, 3.05) is 69.5 Å². The molecule has 5 amide bonds. The number of imide groups is 1. The van der Waals surface area contributed by atoms with Crippen LogP contribution in [-0.4, -0.2) is 128 Å². The third-order valence-corrected chi connectivity index (χ3v) is 13.3. The zero-order valence-corrected chi connectivity index (χ0v) is 34.7. The lowest BCUT2D eigenvalue weighted by Gasteiger charge is -2.41. The Morgan fingerprint density at radius 3 is 2.37 bits per heavy atom. The lowest BCUT2D eigenvalue weighted by molar-refractivity contribution is -0.136. The Kier molecular flexibility index (Phi) is 10.7. The number of nitrogen functional groups attached to an aromatic ring is 1. The molecular formula is C46H51N11O5. The second-order valence-electron chi connectivity index (χ2n) is 17.2. The normalized spacial score (nSPS) is 21.4. The van der Waals surface area contributed by atoms with Gasteiger partial charge in [-0.25, -0.2) is 19.4 Å². The number of urea groups is 1. The van der Waals surface area contributed by atoms with Gasteiger partial charge >= 0.3 is 6.03 Å². The molecule has 16 heteroatoms. The summed E-state index contributed by atoms with van der Waals surface area (Å²) in [6.07, 6.45) is 5.96. The van der Waals surface area contributed by atoms with Crippen molar-refractivity contribution in [1.29, 1.82) is 0 Å². The van der Waals surface area contributed by atoms with E-state index in [9.17, 15) is 19.2 Å². The van der Waals surface area contributed by atoms with Crippen molar-refractivity contribution in [3.8, 4) is 22.8 Å². The number of hydrogen-bond acceptors (Lipinski definition) is 11. The zero-order chi connectivity index (χ0) is 42.3. The zero-order valence-electron chi connectivity index (χ0n) is 34.7. The summed E-state index contributed by atoms with van der Waals surface area (Å²) in [5, 5.41) is 8.17. The maximum Gasteiger partial charge on any atom is 0.320 e. The quantitative estimate of drug-likeness (QED) is 0.203. The van der Waals surface area contributed by atoms with Crippen LogP contribution in [0.15, 0.2) is 79.1 Å². The first kappa shape index (κ1) is 39.6. The Labute approximate surface area is 359 Å². The van der Waals surface area contributed by atoms with E-state index in [1.807, 2.05) is 81.2 Å². The van der Waals surface area contributed by atoms with Gasteiger partial charge < -0.3 is 30.1 Å². The number of hydrogen-bond donors (Lipinski definition) is 2. The highest BCUT2D eigenvalue weighted by Gasteiger charge is 2.40. The fraction of sp³-hybridized carbons (Fsp3) is 0.413. The number of piperazine rings is 1. The lowest BCUT2D eigenvalue weighted by atomic mass is 9.95. The van der Waals surface area contributed by atoms with Crippen LogP contribution in [0.5, 0.6) is 11.5 Å². The Hall–Kier alpha value is -6.55. The number of benzene rings is 3. The Balaban J connectivity index is 0.719. The predicted molar refractivity (Wildman–Crippen MR) is 232 cm³/mol. The van der Waals surface area contributed by atoms with Crippen LogP contribution < -0.4 is 20.7 Å². The van der Waals surface area contributed by atoms with Crippen LogP contribution >= 0.6 is 0 Å². The molecule has 3 aromatic carbocycles. The number of para-hydroxylation sites is 1. The summed E-state index contributed by atoms with van der Waals surface area (Å²) in [5.74, 6) is 1.60. The standard InChI is InChI=1S/C46H51N11O5/c47-42-40-41(31-8-11-36(12-9-31)62-35-6-2-1-3-7-35)51-57(43(40)49-29-48-42)34-5-4-18-55(28-34)46(61)54-23-21-52(22-24-54)26-30-16-19-53(20-17-30)33-10-13-37-32(25-33)27-56(45(37)60)38-14-15-39(58)50-44(38)59/h1-3,6-13,25,29-30,34,38H,4-5,14-24,26-28H2,(H2,47,48,49)(H,50,58,59)/t34-,38?/m1/s1.